The Labute approximate surface area is 229 Å². The Bertz CT molecular complexity index is 1150. The number of amidine groups is 1. The molecule has 3 rings (SSSR count). The number of amides is 3. The van der Waals surface area contributed by atoms with Crippen molar-refractivity contribution in [1.29, 1.82) is 5.41 Å². The zero-order chi connectivity index (χ0) is 28.4. The van der Waals surface area contributed by atoms with Crippen LogP contribution in [-0.2, 0) is 34.3 Å². The lowest BCUT2D eigenvalue weighted by Gasteiger charge is -2.32. The van der Waals surface area contributed by atoms with Crippen LogP contribution in [0.3, 0.4) is 0 Å². The molecule has 1 saturated carbocycles. The van der Waals surface area contributed by atoms with Gasteiger partial charge in [-0.2, -0.15) is 0 Å². The number of pyridine rings is 1. The van der Waals surface area contributed by atoms with Crippen LogP contribution in [0.4, 0.5) is 0 Å². The van der Waals surface area contributed by atoms with E-state index < -0.39 is 24.0 Å². The number of aliphatic hydroxyl groups excluding tert-OH is 1. The molecule has 1 aliphatic rings. The lowest BCUT2D eigenvalue weighted by Crippen LogP contribution is -2.58. The summed E-state index contributed by atoms with van der Waals surface area (Å²) in [6.45, 7) is 1.11. The lowest BCUT2D eigenvalue weighted by atomic mass is 9.83. The van der Waals surface area contributed by atoms with Gasteiger partial charge in [0, 0.05) is 37.0 Å². The van der Waals surface area contributed by atoms with Crippen LogP contribution in [0.2, 0.25) is 0 Å². The minimum Gasteiger partial charge on any atom is -0.394 e. The highest BCUT2D eigenvalue weighted by Gasteiger charge is 2.34. The maximum atomic E-state index is 13.5. The number of nitrogen functional groups attached to an aromatic ring is 1. The second-order valence-electron chi connectivity index (χ2n) is 10.4. The number of rotatable bonds is 12. The van der Waals surface area contributed by atoms with Crippen molar-refractivity contribution in [3.05, 3.63) is 65.5 Å². The van der Waals surface area contributed by atoms with Crippen LogP contribution in [0.5, 0.6) is 0 Å². The Morgan fingerprint density at radius 2 is 1.69 bits per heavy atom. The van der Waals surface area contributed by atoms with Gasteiger partial charge in [-0.25, -0.2) is 4.57 Å². The summed E-state index contributed by atoms with van der Waals surface area (Å²) in [5.74, 6) is -1.22. The van der Waals surface area contributed by atoms with E-state index in [2.05, 4.69) is 16.0 Å². The Morgan fingerprint density at radius 3 is 2.28 bits per heavy atom. The average molecular weight is 538 g/mol. The minimum absolute atomic E-state index is 0.0376. The maximum Gasteiger partial charge on any atom is 0.243 e. The molecule has 0 saturated heterocycles. The quantitative estimate of drug-likeness (QED) is 0.133. The van der Waals surface area contributed by atoms with Gasteiger partial charge in [-0.1, -0.05) is 43.5 Å². The van der Waals surface area contributed by atoms with Crippen molar-refractivity contribution in [2.75, 3.05) is 6.61 Å². The van der Waals surface area contributed by atoms with E-state index >= 15 is 0 Å². The number of hydrogen-bond donors (Lipinski definition) is 6. The number of carbonyl (C=O) groups excluding carboxylic acids is 3. The number of carbonyl (C=O) groups is 3. The van der Waals surface area contributed by atoms with E-state index in [1.807, 2.05) is 36.1 Å². The summed E-state index contributed by atoms with van der Waals surface area (Å²) in [5.41, 5.74) is 7.85. The monoisotopic (exact) mass is 537 g/mol. The normalized spacial score (nSPS) is 16.0. The fraction of sp³-hybridized carbons (Fsp3) is 0.483. The van der Waals surface area contributed by atoms with Crippen LogP contribution in [-0.4, -0.2) is 53.4 Å². The van der Waals surface area contributed by atoms with Gasteiger partial charge in [-0.3, -0.25) is 19.8 Å². The number of aliphatic hydroxyl groups is 1. The fourth-order valence-corrected chi connectivity index (χ4v) is 5.14. The van der Waals surface area contributed by atoms with Gasteiger partial charge < -0.3 is 26.8 Å². The van der Waals surface area contributed by atoms with Gasteiger partial charge in [-0.15, -0.1) is 0 Å². The van der Waals surface area contributed by atoms with Crippen molar-refractivity contribution in [3.63, 3.8) is 0 Å². The molecule has 0 spiro atoms. The third kappa shape index (κ3) is 9.17. The molecule has 7 N–H and O–H groups in total. The highest BCUT2D eigenvalue weighted by atomic mass is 16.3. The highest BCUT2D eigenvalue weighted by Crippen LogP contribution is 2.27. The highest BCUT2D eigenvalue weighted by molar-refractivity contribution is 5.95. The van der Waals surface area contributed by atoms with Gasteiger partial charge in [-0.05, 0) is 30.4 Å². The molecule has 1 aromatic carbocycles. The first-order valence-corrected chi connectivity index (χ1v) is 13.5. The van der Waals surface area contributed by atoms with E-state index in [1.165, 1.54) is 6.92 Å². The summed E-state index contributed by atoms with van der Waals surface area (Å²) < 4.78 is 1.91. The van der Waals surface area contributed by atoms with Crippen LogP contribution in [0.1, 0.15) is 55.7 Å². The van der Waals surface area contributed by atoms with Crippen LogP contribution in [0.15, 0.2) is 48.8 Å². The molecule has 0 unspecified atom stereocenters. The summed E-state index contributed by atoms with van der Waals surface area (Å²) in [6.07, 6.45) is 9.19. The van der Waals surface area contributed by atoms with Crippen LogP contribution in [0, 0.1) is 11.3 Å². The average Bonchev–Trinajstić information content (AvgIpc) is 2.91. The summed E-state index contributed by atoms with van der Waals surface area (Å²) in [4.78, 5) is 39.0. The van der Waals surface area contributed by atoms with Crippen molar-refractivity contribution < 1.29 is 24.1 Å². The van der Waals surface area contributed by atoms with E-state index in [9.17, 15) is 19.5 Å². The summed E-state index contributed by atoms with van der Waals surface area (Å²) >= 11 is 0. The second kappa shape index (κ2) is 14.4. The Balaban J connectivity index is 1.75. The number of nitrogens with two attached hydrogens (primary N) is 1. The van der Waals surface area contributed by atoms with E-state index in [0.717, 1.165) is 43.2 Å². The molecule has 0 bridgehead atoms. The molecular formula is C29H41N6O4+. The number of nitrogens with one attached hydrogen (secondary N) is 4. The molecule has 0 radical (unpaired) electrons. The van der Waals surface area contributed by atoms with Gasteiger partial charge >= 0.3 is 0 Å². The molecule has 0 aliphatic heterocycles. The number of benzene rings is 1. The molecule has 3 atom stereocenters. The smallest absolute Gasteiger partial charge is 0.243 e. The largest absolute Gasteiger partial charge is 0.394 e. The fourth-order valence-electron chi connectivity index (χ4n) is 5.14. The van der Waals surface area contributed by atoms with Crippen molar-refractivity contribution in [3.8, 4) is 0 Å². The molecule has 3 amide bonds. The molecule has 1 aliphatic carbocycles. The third-order valence-electron chi connectivity index (χ3n) is 7.15. The molecule has 1 fully saturated rings. The van der Waals surface area contributed by atoms with Crippen molar-refractivity contribution in [2.24, 2.45) is 18.7 Å². The number of nitrogens with zero attached hydrogens (tertiary/aromatic N) is 1. The summed E-state index contributed by atoms with van der Waals surface area (Å²) in [7, 11) is 1.91. The Morgan fingerprint density at radius 1 is 1.00 bits per heavy atom. The minimum atomic E-state index is -0.887. The molecule has 1 heterocycles. The van der Waals surface area contributed by atoms with E-state index in [-0.39, 0.29) is 36.6 Å². The topological polar surface area (TPSA) is 161 Å². The maximum absolute atomic E-state index is 13.5. The number of aromatic nitrogens is 1. The standard InChI is InChI=1S/C29H40N6O4/c1-19(37)32-25(16-20-10-12-23(13-11-20)27(30)31)28(38)34-26(22-8-4-3-5-9-22)29(39)33-24(18-36)15-21-7-6-14-35(2)17-21/h6-7,10-14,17,22,24-26,36H,3-5,8-9,15-16,18H2,1-2H3,(H5-,30,31,32,33,34,37,38,39)/p+1/t24-,25-,26-/m0/s1. The van der Waals surface area contributed by atoms with Crippen molar-refractivity contribution in [2.45, 2.75) is 70.0 Å². The first kappa shape index (κ1) is 29.8. The van der Waals surface area contributed by atoms with Crippen molar-refractivity contribution in [1.82, 2.24) is 16.0 Å². The molecule has 2 aromatic rings. The molecule has 10 nitrogen and oxygen atoms in total. The van der Waals surface area contributed by atoms with Gasteiger partial charge in [0.1, 0.15) is 25.0 Å². The predicted molar refractivity (Wildman–Crippen MR) is 148 cm³/mol. The lowest BCUT2D eigenvalue weighted by molar-refractivity contribution is -0.671. The predicted octanol–water partition coefficient (Wildman–Crippen LogP) is 0.627. The Kier molecular flexibility index (Phi) is 11.0. The molecular weight excluding hydrogens is 496 g/mol. The van der Waals surface area contributed by atoms with Crippen LogP contribution in [0.25, 0.3) is 0 Å². The second-order valence-corrected chi connectivity index (χ2v) is 10.4. The van der Waals surface area contributed by atoms with E-state index in [0.29, 0.717) is 12.0 Å². The zero-order valence-corrected chi connectivity index (χ0v) is 22.8. The first-order chi connectivity index (χ1) is 18.7. The van der Waals surface area contributed by atoms with Gasteiger partial charge in [0.2, 0.25) is 17.7 Å². The van der Waals surface area contributed by atoms with Gasteiger partial charge in [0.05, 0.1) is 12.6 Å². The molecule has 1 aromatic heterocycles. The van der Waals surface area contributed by atoms with E-state index in [1.54, 1.807) is 24.3 Å². The summed E-state index contributed by atoms with van der Waals surface area (Å²) in [5, 5.41) is 26.2. The third-order valence-corrected chi connectivity index (χ3v) is 7.15. The molecule has 39 heavy (non-hydrogen) atoms. The first-order valence-electron chi connectivity index (χ1n) is 13.5. The van der Waals surface area contributed by atoms with Crippen LogP contribution < -0.4 is 26.3 Å². The zero-order valence-electron chi connectivity index (χ0n) is 22.8. The molecule has 10 heteroatoms. The van der Waals surface area contributed by atoms with Crippen LogP contribution >= 0.6 is 0 Å². The van der Waals surface area contributed by atoms with E-state index in [4.69, 9.17) is 11.1 Å². The SMILES string of the molecule is CC(=O)N[C@@H](Cc1ccc(C(=N)N)cc1)C(=O)N[C@H](C(=O)N[C@H](CO)Cc1ccc[n+](C)c1)C1CCCCC1. The Hall–Kier alpha value is -3.79. The van der Waals surface area contributed by atoms with Gasteiger partial charge in [0.25, 0.3) is 0 Å². The van der Waals surface area contributed by atoms with Crippen molar-refractivity contribution >= 4 is 23.6 Å². The number of hydrogen-bond acceptors (Lipinski definition) is 5. The summed E-state index contributed by atoms with van der Waals surface area (Å²) in [6, 6.07) is 8.59. The molecule has 210 valence electrons. The number of aryl methyl sites for hydroxylation is 1. The van der Waals surface area contributed by atoms with Gasteiger partial charge in [0.15, 0.2) is 12.4 Å².